The molecule has 18 heavy (non-hydrogen) atoms. The summed E-state index contributed by atoms with van der Waals surface area (Å²) in [5.74, 6) is 0.958. The van der Waals surface area contributed by atoms with Crippen LogP contribution < -0.4 is 0 Å². The molecule has 0 aliphatic carbocycles. The third-order valence-corrected chi connectivity index (χ3v) is 6.01. The van der Waals surface area contributed by atoms with Crippen molar-refractivity contribution in [1.82, 2.24) is 8.61 Å². The lowest BCUT2D eigenvalue weighted by atomic mass is 10.0. The van der Waals surface area contributed by atoms with E-state index in [9.17, 15) is 8.42 Å². The van der Waals surface area contributed by atoms with E-state index in [2.05, 4.69) is 6.92 Å². The van der Waals surface area contributed by atoms with Crippen molar-refractivity contribution in [3.05, 3.63) is 0 Å². The Morgan fingerprint density at radius 2 is 1.89 bits per heavy atom. The quantitative estimate of drug-likeness (QED) is 0.727. The lowest BCUT2D eigenvalue weighted by molar-refractivity contribution is 0.00992. The molecule has 0 aromatic rings. The minimum Gasteiger partial charge on any atom is -0.374 e. The van der Waals surface area contributed by atoms with Crippen LogP contribution in [-0.4, -0.2) is 61.8 Å². The Bertz CT molecular complexity index is 368. The van der Waals surface area contributed by atoms with Crippen molar-refractivity contribution in [1.29, 1.82) is 0 Å². The van der Waals surface area contributed by atoms with Gasteiger partial charge in [-0.1, -0.05) is 6.92 Å². The van der Waals surface area contributed by atoms with Crippen LogP contribution in [0.25, 0.3) is 0 Å². The van der Waals surface area contributed by atoms with Gasteiger partial charge < -0.3 is 4.74 Å². The van der Waals surface area contributed by atoms with Crippen LogP contribution in [0.4, 0.5) is 0 Å². The van der Waals surface area contributed by atoms with Crippen molar-refractivity contribution in [2.45, 2.75) is 25.9 Å². The molecule has 0 aromatic carbocycles. The maximum absolute atomic E-state index is 12.5. The van der Waals surface area contributed by atoms with Gasteiger partial charge in [-0.3, -0.25) is 0 Å². The Morgan fingerprint density at radius 3 is 2.50 bits per heavy atom. The number of piperidine rings is 1. The summed E-state index contributed by atoms with van der Waals surface area (Å²) in [4.78, 5) is 0. The molecule has 0 radical (unpaired) electrons. The third-order valence-electron chi connectivity index (χ3n) is 3.67. The Kier molecular flexibility index (Phi) is 4.88. The lowest BCUT2D eigenvalue weighted by Gasteiger charge is -2.37. The molecule has 0 N–H and O–H groups in total. The number of halogens is 1. The summed E-state index contributed by atoms with van der Waals surface area (Å²) in [5.41, 5.74) is 0. The predicted molar refractivity (Wildman–Crippen MR) is 70.9 cm³/mol. The van der Waals surface area contributed by atoms with Gasteiger partial charge in [0, 0.05) is 32.1 Å². The van der Waals surface area contributed by atoms with Gasteiger partial charge in [-0.05, 0) is 18.8 Å². The van der Waals surface area contributed by atoms with Gasteiger partial charge in [0.15, 0.2) is 0 Å². The molecule has 5 nitrogen and oxygen atoms in total. The fourth-order valence-corrected chi connectivity index (χ4v) is 4.22. The molecule has 2 rings (SSSR count). The smallest absolute Gasteiger partial charge is 0.282 e. The van der Waals surface area contributed by atoms with E-state index >= 15 is 0 Å². The number of morpholine rings is 1. The zero-order valence-corrected chi connectivity index (χ0v) is 12.3. The van der Waals surface area contributed by atoms with E-state index in [-0.39, 0.29) is 6.10 Å². The summed E-state index contributed by atoms with van der Waals surface area (Å²) >= 11 is 5.74. The molecule has 2 heterocycles. The van der Waals surface area contributed by atoms with Gasteiger partial charge in [-0.15, -0.1) is 11.6 Å². The van der Waals surface area contributed by atoms with E-state index in [0.29, 0.717) is 44.6 Å². The normalized spacial score (nSPS) is 29.6. The van der Waals surface area contributed by atoms with Crippen LogP contribution in [0.1, 0.15) is 19.8 Å². The second-order valence-corrected chi connectivity index (χ2v) is 7.33. The van der Waals surface area contributed by atoms with Crippen LogP contribution in [0.3, 0.4) is 0 Å². The van der Waals surface area contributed by atoms with Gasteiger partial charge in [-0.2, -0.15) is 17.0 Å². The largest absolute Gasteiger partial charge is 0.374 e. The number of rotatable bonds is 3. The summed E-state index contributed by atoms with van der Waals surface area (Å²) in [6.45, 7) is 4.67. The Labute approximate surface area is 114 Å². The Balaban J connectivity index is 2.01. The first-order valence-corrected chi connectivity index (χ1v) is 8.40. The number of hydrogen-bond donors (Lipinski definition) is 0. The summed E-state index contributed by atoms with van der Waals surface area (Å²) in [6, 6.07) is 0. The second-order valence-electron chi connectivity index (χ2n) is 5.09. The lowest BCUT2D eigenvalue weighted by Crippen LogP contribution is -2.53. The molecule has 106 valence electrons. The monoisotopic (exact) mass is 296 g/mol. The van der Waals surface area contributed by atoms with E-state index < -0.39 is 10.2 Å². The van der Waals surface area contributed by atoms with Crippen molar-refractivity contribution >= 4 is 21.8 Å². The SMILES string of the molecule is CC1CCN(S(=O)(=O)N2CCOC(CCl)C2)CC1. The molecule has 1 unspecified atom stereocenters. The van der Waals surface area contributed by atoms with E-state index in [0.717, 1.165) is 12.8 Å². The van der Waals surface area contributed by atoms with Gasteiger partial charge >= 0.3 is 0 Å². The minimum atomic E-state index is -3.32. The number of hydrogen-bond acceptors (Lipinski definition) is 3. The summed E-state index contributed by atoms with van der Waals surface area (Å²) in [5, 5.41) is 0. The predicted octanol–water partition coefficient (Wildman–Crippen LogP) is 0.903. The zero-order chi connectivity index (χ0) is 13.2. The van der Waals surface area contributed by atoms with E-state index in [1.54, 1.807) is 4.31 Å². The standard InChI is InChI=1S/C11H21ClN2O3S/c1-10-2-4-13(5-3-10)18(15,16)14-6-7-17-11(8-12)9-14/h10-11H,2-9H2,1H3. The van der Waals surface area contributed by atoms with Crippen LogP contribution in [-0.2, 0) is 14.9 Å². The molecule has 2 fully saturated rings. The fourth-order valence-electron chi connectivity index (χ4n) is 2.37. The van der Waals surface area contributed by atoms with Crippen molar-refractivity contribution < 1.29 is 13.2 Å². The maximum atomic E-state index is 12.5. The van der Waals surface area contributed by atoms with E-state index in [1.165, 1.54) is 4.31 Å². The number of ether oxygens (including phenoxy) is 1. The number of alkyl halides is 1. The molecule has 2 aliphatic rings. The van der Waals surface area contributed by atoms with Crippen LogP contribution in [0.15, 0.2) is 0 Å². The van der Waals surface area contributed by atoms with Gasteiger partial charge in [0.1, 0.15) is 0 Å². The van der Waals surface area contributed by atoms with Crippen LogP contribution in [0.2, 0.25) is 0 Å². The third kappa shape index (κ3) is 3.17. The highest BCUT2D eigenvalue weighted by Gasteiger charge is 2.35. The molecule has 0 saturated carbocycles. The van der Waals surface area contributed by atoms with E-state index in [1.807, 2.05) is 0 Å². The van der Waals surface area contributed by atoms with Gasteiger partial charge in [0.25, 0.3) is 10.2 Å². The highest BCUT2D eigenvalue weighted by molar-refractivity contribution is 7.86. The van der Waals surface area contributed by atoms with Crippen molar-refractivity contribution in [3.8, 4) is 0 Å². The molecule has 1 atom stereocenters. The molecule has 0 aromatic heterocycles. The first-order chi connectivity index (χ1) is 8.54. The average Bonchev–Trinajstić information content (AvgIpc) is 2.39. The minimum absolute atomic E-state index is 0.182. The molecule has 2 saturated heterocycles. The molecule has 2 aliphatic heterocycles. The summed E-state index contributed by atoms with van der Waals surface area (Å²) in [6.07, 6.45) is 1.71. The average molecular weight is 297 g/mol. The van der Waals surface area contributed by atoms with Gasteiger partial charge in [-0.25, -0.2) is 0 Å². The van der Waals surface area contributed by atoms with Crippen molar-refractivity contribution in [2.75, 3.05) is 38.7 Å². The Morgan fingerprint density at radius 1 is 1.22 bits per heavy atom. The van der Waals surface area contributed by atoms with E-state index in [4.69, 9.17) is 16.3 Å². The maximum Gasteiger partial charge on any atom is 0.282 e. The summed E-state index contributed by atoms with van der Waals surface area (Å²) < 4.78 is 33.4. The molecule has 0 amide bonds. The molecular weight excluding hydrogens is 276 g/mol. The van der Waals surface area contributed by atoms with Crippen molar-refractivity contribution in [2.24, 2.45) is 5.92 Å². The molecule has 0 bridgehead atoms. The highest BCUT2D eigenvalue weighted by atomic mass is 35.5. The fraction of sp³-hybridized carbons (Fsp3) is 1.00. The molecule has 7 heteroatoms. The summed E-state index contributed by atoms with van der Waals surface area (Å²) in [7, 11) is -3.32. The first-order valence-electron chi connectivity index (χ1n) is 6.47. The topological polar surface area (TPSA) is 49.9 Å². The highest BCUT2D eigenvalue weighted by Crippen LogP contribution is 2.22. The van der Waals surface area contributed by atoms with Crippen LogP contribution >= 0.6 is 11.6 Å². The first kappa shape index (κ1) is 14.5. The Hall–Kier alpha value is 0.120. The van der Waals surface area contributed by atoms with Crippen LogP contribution in [0.5, 0.6) is 0 Å². The molecule has 0 spiro atoms. The van der Waals surface area contributed by atoms with Gasteiger partial charge in [0.2, 0.25) is 0 Å². The van der Waals surface area contributed by atoms with Gasteiger partial charge in [0.05, 0.1) is 12.7 Å². The number of nitrogens with zero attached hydrogens (tertiary/aromatic N) is 2. The van der Waals surface area contributed by atoms with Crippen molar-refractivity contribution in [3.63, 3.8) is 0 Å². The zero-order valence-electron chi connectivity index (χ0n) is 10.7. The molecular formula is C11H21ClN2O3S. The second kappa shape index (κ2) is 6.05. The van der Waals surface area contributed by atoms with Crippen LogP contribution in [0, 0.1) is 5.92 Å².